The van der Waals surface area contributed by atoms with Gasteiger partial charge in [-0.3, -0.25) is 4.79 Å². The summed E-state index contributed by atoms with van der Waals surface area (Å²) in [4.78, 5) is 14.1. The van der Waals surface area contributed by atoms with Gasteiger partial charge in [0.15, 0.2) is 0 Å². The lowest BCUT2D eigenvalue weighted by Crippen LogP contribution is -2.27. The number of carbonyl (C=O) groups excluding carboxylic acids is 1. The van der Waals surface area contributed by atoms with E-state index in [9.17, 15) is 4.79 Å². The summed E-state index contributed by atoms with van der Waals surface area (Å²) in [6.07, 6.45) is 0. The number of hydrogen-bond acceptors (Lipinski definition) is 2. The highest BCUT2D eigenvalue weighted by Crippen LogP contribution is 2.21. The number of benzene rings is 2. The van der Waals surface area contributed by atoms with Crippen LogP contribution < -0.4 is 5.73 Å². The molecule has 110 valence electrons. The average Bonchev–Trinajstić information content (AvgIpc) is 2.40. The summed E-state index contributed by atoms with van der Waals surface area (Å²) in [5.41, 5.74) is 8.73. The molecule has 0 unspecified atom stereocenters. The van der Waals surface area contributed by atoms with Crippen LogP contribution >= 0.6 is 23.2 Å². The largest absolute Gasteiger partial charge is 0.398 e. The molecule has 0 aliphatic rings. The Morgan fingerprint density at radius 1 is 1.19 bits per heavy atom. The van der Waals surface area contributed by atoms with Gasteiger partial charge in [-0.25, -0.2) is 0 Å². The van der Waals surface area contributed by atoms with Crippen molar-refractivity contribution in [2.75, 3.05) is 12.8 Å². The zero-order valence-electron chi connectivity index (χ0n) is 11.9. The number of nitrogen functional groups attached to an aromatic ring is 1. The first-order chi connectivity index (χ1) is 9.88. The molecule has 0 heterocycles. The summed E-state index contributed by atoms with van der Waals surface area (Å²) >= 11 is 11.9. The van der Waals surface area contributed by atoms with E-state index in [1.807, 2.05) is 6.92 Å². The molecule has 2 aromatic rings. The molecule has 2 aromatic carbocycles. The smallest absolute Gasteiger partial charge is 0.254 e. The summed E-state index contributed by atoms with van der Waals surface area (Å²) in [7, 11) is 1.74. The molecule has 0 atom stereocenters. The fraction of sp³-hybridized carbons (Fsp3) is 0.188. The highest BCUT2D eigenvalue weighted by molar-refractivity contribution is 6.34. The van der Waals surface area contributed by atoms with Crippen molar-refractivity contribution in [1.82, 2.24) is 4.90 Å². The Labute approximate surface area is 134 Å². The molecule has 0 saturated carbocycles. The lowest BCUT2D eigenvalue weighted by atomic mass is 10.1. The molecule has 0 aromatic heterocycles. The van der Waals surface area contributed by atoms with Crippen molar-refractivity contribution in [3.8, 4) is 0 Å². The van der Waals surface area contributed by atoms with Crippen molar-refractivity contribution in [3.05, 3.63) is 63.1 Å². The first-order valence-corrected chi connectivity index (χ1v) is 7.19. The molecule has 2 rings (SSSR count). The lowest BCUT2D eigenvalue weighted by molar-refractivity contribution is 0.0784. The molecule has 5 heteroatoms. The molecule has 0 bridgehead atoms. The highest BCUT2D eigenvalue weighted by atomic mass is 35.5. The first kappa shape index (κ1) is 15.7. The van der Waals surface area contributed by atoms with Crippen LogP contribution in [0.25, 0.3) is 0 Å². The number of hydrogen-bond donors (Lipinski definition) is 1. The number of amides is 1. The topological polar surface area (TPSA) is 46.3 Å². The van der Waals surface area contributed by atoms with E-state index in [0.29, 0.717) is 27.8 Å². The molecule has 0 aliphatic heterocycles. The Hall–Kier alpha value is -1.71. The van der Waals surface area contributed by atoms with Crippen LogP contribution in [0.15, 0.2) is 36.4 Å². The minimum Gasteiger partial charge on any atom is -0.398 e. The Kier molecular flexibility index (Phi) is 4.76. The van der Waals surface area contributed by atoms with Crippen LogP contribution in [0.4, 0.5) is 5.69 Å². The van der Waals surface area contributed by atoms with Crippen LogP contribution in [0.3, 0.4) is 0 Å². The Bertz CT molecular complexity index is 666. The van der Waals surface area contributed by atoms with Gasteiger partial charge in [-0.2, -0.15) is 0 Å². The molecule has 21 heavy (non-hydrogen) atoms. The van der Waals surface area contributed by atoms with E-state index in [0.717, 1.165) is 11.1 Å². The zero-order chi connectivity index (χ0) is 15.6. The van der Waals surface area contributed by atoms with E-state index >= 15 is 0 Å². The van der Waals surface area contributed by atoms with Crippen LogP contribution in [0, 0.1) is 6.92 Å². The number of halogens is 2. The standard InChI is InChI=1S/C16H16Cl2N2O/c1-10-14(4-3-5-15(10)19)16(21)20(2)9-11-6-12(17)8-13(18)7-11/h3-8H,9,19H2,1-2H3. The van der Waals surface area contributed by atoms with Crippen molar-refractivity contribution >= 4 is 34.8 Å². The van der Waals surface area contributed by atoms with Crippen LogP contribution in [-0.2, 0) is 6.54 Å². The van der Waals surface area contributed by atoms with Crippen molar-refractivity contribution in [2.45, 2.75) is 13.5 Å². The van der Waals surface area contributed by atoms with Crippen LogP contribution in [0.2, 0.25) is 10.0 Å². The van der Waals surface area contributed by atoms with Gasteiger partial charge < -0.3 is 10.6 Å². The third kappa shape index (κ3) is 3.69. The Balaban J connectivity index is 2.21. The van der Waals surface area contributed by atoms with Crippen molar-refractivity contribution in [2.24, 2.45) is 0 Å². The molecule has 1 amide bonds. The minimum atomic E-state index is -0.0871. The maximum atomic E-state index is 12.5. The number of anilines is 1. The number of carbonyl (C=O) groups is 1. The summed E-state index contributed by atoms with van der Waals surface area (Å²) in [5.74, 6) is -0.0871. The van der Waals surface area contributed by atoms with Crippen molar-refractivity contribution in [1.29, 1.82) is 0 Å². The van der Waals surface area contributed by atoms with Gasteiger partial charge in [0.1, 0.15) is 0 Å². The van der Waals surface area contributed by atoms with Crippen LogP contribution in [0.1, 0.15) is 21.5 Å². The molecule has 0 spiro atoms. The third-order valence-corrected chi connectivity index (χ3v) is 3.73. The van der Waals surface area contributed by atoms with Gasteiger partial charge in [0.25, 0.3) is 5.91 Å². The van der Waals surface area contributed by atoms with Crippen molar-refractivity contribution in [3.63, 3.8) is 0 Å². The maximum Gasteiger partial charge on any atom is 0.254 e. The van der Waals surface area contributed by atoms with Crippen LogP contribution in [0.5, 0.6) is 0 Å². The van der Waals surface area contributed by atoms with Gasteiger partial charge in [-0.15, -0.1) is 0 Å². The fourth-order valence-electron chi connectivity index (χ4n) is 2.14. The van der Waals surface area contributed by atoms with Gasteiger partial charge >= 0.3 is 0 Å². The van der Waals surface area contributed by atoms with E-state index < -0.39 is 0 Å². The van der Waals surface area contributed by atoms with Gasteiger partial charge in [0.05, 0.1) is 0 Å². The van der Waals surface area contributed by atoms with Gasteiger partial charge in [-0.05, 0) is 48.4 Å². The molecule has 0 aliphatic carbocycles. The molecule has 0 radical (unpaired) electrons. The monoisotopic (exact) mass is 322 g/mol. The summed E-state index contributed by atoms with van der Waals surface area (Å²) < 4.78 is 0. The lowest BCUT2D eigenvalue weighted by Gasteiger charge is -2.19. The van der Waals surface area contributed by atoms with Gasteiger partial charge in [0.2, 0.25) is 0 Å². The predicted octanol–water partition coefficient (Wildman–Crippen LogP) is 4.16. The van der Waals surface area contributed by atoms with Gasteiger partial charge in [-0.1, -0.05) is 29.3 Å². The van der Waals surface area contributed by atoms with E-state index in [2.05, 4.69) is 0 Å². The quantitative estimate of drug-likeness (QED) is 0.862. The van der Waals surface area contributed by atoms with E-state index in [1.165, 1.54) is 0 Å². The SMILES string of the molecule is Cc1c(N)cccc1C(=O)N(C)Cc1cc(Cl)cc(Cl)c1. The summed E-state index contributed by atoms with van der Waals surface area (Å²) in [5, 5.41) is 1.11. The van der Waals surface area contributed by atoms with Crippen molar-refractivity contribution < 1.29 is 4.79 Å². The Morgan fingerprint density at radius 3 is 2.43 bits per heavy atom. The highest BCUT2D eigenvalue weighted by Gasteiger charge is 2.15. The second-order valence-electron chi connectivity index (χ2n) is 4.96. The molecule has 0 saturated heterocycles. The molecule has 3 nitrogen and oxygen atoms in total. The number of rotatable bonds is 3. The number of nitrogens with two attached hydrogens (primary N) is 1. The molecular weight excluding hydrogens is 307 g/mol. The summed E-state index contributed by atoms with van der Waals surface area (Å²) in [6.45, 7) is 2.26. The zero-order valence-corrected chi connectivity index (χ0v) is 13.4. The third-order valence-electron chi connectivity index (χ3n) is 3.29. The molecule has 0 fully saturated rings. The maximum absolute atomic E-state index is 12.5. The average molecular weight is 323 g/mol. The van der Waals surface area contributed by atoms with Gasteiger partial charge in [0, 0.05) is 34.9 Å². The molecular formula is C16H16Cl2N2O. The normalized spacial score (nSPS) is 10.5. The van der Waals surface area contributed by atoms with E-state index in [1.54, 1.807) is 48.3 Å². The van der Waals surface area contributed by atoms with E-state index in [4.69, 9.17) is 28.9 Å². The second kappa shape index (κ2) is 6.37. The summed E-state index contributed by atoms with van der Waals surface area (Å²) in [6, 6.07) is 10.6. The predicted molar refractivity (Wildman–Crippen MR) is 87.9 cm³/mol. The Morgan fingerprint density at radius 2 is 1.81 bits per heavy atom. The second-order valence-corrected chi connectivity index (χ2v) is 5.83. The fourth-order valence-corrected chi connectivity index (χ4v) is 2.71. The first-order valence-electron chi connectivity index (χ1n) is 6.44. The number of nitrogens with zero attached hydrogens (tertiary/aromatic N) is 1. The van der Waals surface area contributed by atoms with Crippen LogP contribution in [-0.4, -0.2) is 17.9 Å². The van der Waals surface area contributed by atoms with E-state index in [-0.39, 0.29) is 5.91 Å². The molecule has 2 N–H and O–H groups in total. The minimum absolute atomic E-state index is 0.0871.